The number of likely N-dealkylation sites (tertiary alicyclic amines) is 1. The quantitative estimate of drug-likeness (QED) is 0.668. The van der Waals surface area contributed by atoms with Gasteiger partial charge < -0.3 is 15.0 Å². The smallest absolute Gasteiger partial charge is 0.407 e. The molecule has 0 spiro atoms. The van der Waals surface area contributed by atoms with Crippen molar-refractivity contribution in [3.8, 4) is 0 Å². The fourth-order valence-corrected chi connectivity index (χ4v) is 3.95. The zero-order valence-corrected chi connectivity index (χ0v) is 14.3. The van der Waals surface area contributed by atoms with Gasteiger partial charge in [-0.15, -0.1) is 0 Å². The van der Waals surface area contributed by atoms with Crippen molar-refractivity contribution in [2.45, 2.75) is 18.8 Å². The van der Waals surface area contributed by atoms with Crippen molar-refractivity contribution in [1.29, 1.82) is 0 Å². The SMILES string of the molecule is O=C(O)N1CCC(c2cc(=O)[nH]c3c4c(Br)cccc4nn23)CC1. The highest BCUT2D eigenvalue weighted by Gasteiger charge is 2.26. The third-order valence-corrected chi connectivity index (χ3v) is 5.26. The Balaban J connectivity index is 1.84. The van der Waals surface area contributed by atoms with E-state index >= 15 is 0 Å². The van der Waals surface area contributed by atoms with Gasteiger partial charge in [-0.2, -0.15) is 5.10 Å². The minimum Gasteiger partial charge on any atom is -0.465 e. The van der Waals surface area contributed by atoms with E-state index in [1.54, 1.807) is 10.6 Å². The highest BCUT2D eigenvalue weighted by Crippen LogP contribution is 2.31. The predicted octanol–water partition coefficient (Wildman–Crippen LogP) is 2.80. The van der Waals surface area contributed by atoms with Gasteiger partial charge in [-0.25, -0.2) is 9.31 Å². The summed E-state index contributed by atoms with van der Waals surface area (Å²) in [6.07, 6.45) is 0.475. The molecular formula is C16H15BrN4O3. The van der Waals surface area contributed by atoms with Gasteiger partial charge in [-0.3, -0.25) is 4.79 Å². The zero-order valence-electron chi connectivity index (χ0n) is 12.7. The first-order chi connectivity index (χ1) is 11.5. The van der Waals surface area contributed by atoms with Crippen LogP contribution >= 0.6 is 15.9 Å². The molecule has 3 heterocycles. The van der Waals surface area contributed by atoms with Gasteiger partial charge in [0.2, 0.25) is 0 Å². The molecule has 1 aliphatic rings. The Kier molecular flexibility index (Phi) is 3.56. The van der Waals surface area contributed by atoms with Crippen LogP contribution in [-0.4, -0.2) is 43.8 Å². The summed E-state index contributed by atoms with van der Waals surface area (Å²) in [5.41, 5.74) is 2.13. The normalized spacial score (nSPS) is 16.1. The number of fused-ring (bicyclic) bond motifs is 3. The Labute approximate surface area is 145 Å². The largest absolute Gasteiger partial charge is 0.465 e. The van der Waals surface area contributed by atoms with E-state index in [0.29, 0.717) is 31.6 Å². The van der Waals surface area contributed by atoms with Crippen LogP contribution in [0.1, 0.15) is 24.5 Å². The summed E-state index contributed by atoms with van der Waals surface area (Å²) in [6, 6.07) is 7.30. The van der Waals surface area contributed by atoms with Crippen LogP contribution in [0, 0.1) is 0 Å². The van der Waals surface area contributed by atoms with Crippen LogP contribution in [0.4, 0.5) is 4.79 Å². The second-order valence-electron chi connectivity index (χ2n) is 6.00. The molecule has 3 aromatic rings. The van der Waals surface area contributed by atoms with Gasteiger partial charge in [-0.1, -0.05) is 6.07 Å². The lowest BCUT2D eigenvalue weighted by Crippen LogP contribution is -2.37. The van der Waals surface area contributed by atoms with Gasteiger partial charge in [0.15, 0.2) is 0 Å². The van der Waals surface area contributed by atoms with Crippen LogP contribution < -0.4 is 5.56 Å². The first-order valence-corrected chi connectivity index (χ1v) is 8.52. The van der Waals surface area contributed by atoms with Crippen LogP contribution in [0.2, 0.25) is 0 Å². The number of nitrogens with one attached hydrogen (secondary N) is 1. The average Bonchev–Trinajstić information content (AvgIpc) is 2.94. The number of hydrogen-bond acceptors (Lipinski definition) is 3. The first-order valence-electron chi connectivity index (χ1n) is 7.72. The van der Waals surface area contributed by atoms with E-state index in [1.165, 1.54) is 4.90 Å². The lowest BCUT2D eigenvalue weighted by Gasteiger charge is -2.30. The molecule has 1 fully saturated rings. The molecule has 8 heteroatoms. The van der Waals surface area contributed by atoms with E-state index in [1.807, 2.05) is 18.2 Å². The molecule has 0 radical (unpaired) electrons. The average molecular weight is 391 g/mol. The Morgan fingerprint density at radius 1 is 1.33 bits per heavy atom. The van der Waals surface area contributed by atoms with Crippen molar-refractivity contribution < 1.29 is 9.90 Å². The highest BCUT2D eigenvalue weighted by atomic mass is 79.9. The molecule has 124 valence electrons. The van der Waals surface area contributed by atoms with E-state index in [4.69, 9.17) is 5.11 Å². The summed E-state index contributed by atoms with van der Waals surface area (Å²) in [6.45, 7) is 0.942. The summed E-state index contributed by atoms with van der Waals surface area (Å²) in [7, 11) is 0. The first kappa shape index (κ1) is 15.2. The van der Waals surface area contributed by atoms with Crippen molar-refractivity contribution in [2.24, 2.45) is 0 Å². The van der Waals surface area contributed by atoms with E-state index in [-0.39, 0.29) is 11.5 Å². The molecule has 4 rings (SSSR count). The molecule has 1 amide bonds. The topological polar surface area (TPSA) is 90.7 Å². The molecule has 0 saturated carbocycles. The number of nitrogens with zero attached hydrogens (tertiary/aromatic N) is 3. The van der Waals surface area contributed by atoms with Gasteiger partial charge in [0, 0.05) is 29.5 Å². The molecule has 1 aliphatic heterocycles. The molecule has 0 aliphatic carbocycles. The lowest BCUT2D eigenvalue weighted by atomic mass is 9.93. The number of benzene rings is 1. The molecule has 7 nitrogen and oxygen atoms in total. The summed E-state index contributed by atoms with van der Waals surface area (Å²) < 4.78 is 2.67. The maximum Gasteiger partial charge on any atom is 0.407 e. The van der Waals surface area contributed by atoms with E-state index in [0.717, 1.165) is 21.1 Å². The Bertz CT molecular complexity index is 1000. The Hall–Kier alpha value is -2.35. The second kappa shape index (κ2) is 5.62. The summed E-state index contributed by atoms with van der Waals surface area (Å²) in [5, 5.41) is 14.6. The fourth-order valence-electron chi connectivity index (χ4n) is 3.40. The Morgan fingerprint density at radius 3 is 2.79 bits per heavy atom. The number of amides is 1. The molecule has 1 saturated heterocycles. The molecule has 1 aromatic carbocycles. The van der Waals surface area contributed by atoms with Crippen molar-refractivity contribution in [2.75, 3.05) is 13.1 Å². The number of hydrogen-bond donors (Lipinski definition) is 2. The van der Waals surface area contributed by atoms with Crippen LogP contribution in [0.25, 0.3) is 16.6 Å². The molecular weight excluding hydrogens is 376 g/mol. The van der Waals surface area contributed by atoms with E-state index in [9.17, 15) is 9.59 Å². The van der Waals surface area contributed by atoms with Crippen molar-refractivity contribution >= 4 is 38.6 Å². The molecule has 0 unspecified atom stereocenters. The number of aromatic amines is 1. The standard InChI is InChI=1S/C16H15BrN4O3/c17-10-2-1-3-11-14(10)15-18-13(22)8-12(21(15)19-11)9-4-6-20(7-5-9)16(23)24/h1-3,8-9H,4-7H2,(H,18,22)(H,23,24). The minimum atomic E-state index is -0.890. The van der Waals surface area contributed by atoms with E-state index in [2.05, 4.69) is 26.0 Å². The lowest BCUT2D eigenvalue weighted by molar-refractivity contribution is 0.131. The van der Waals surface area contributed by atoms with Gasteiger partial charge in [0.05, 0.1) is 16.6 Å². The molecule has 0 atom stereocenters. The fraction of sp³-hybridized carbons (Fsp3) is 0.312. The number of piperidine rings is 1. The number of halogens is 1. The molecule has 2 aromatic heterocycles. The maximum absolute atomic E-state index is 12.2. The maximum atomic E-state index is 12.2. The number of carboxylic acid groups (broad SMARTS) is 1. The number of aromatic nitrogens is 3. The monoisotopic (exact) mass is 390 g/mol. The second-order valence-corrected chi connectivity index (χ2v) is 6.85. The summed E-state index contributed by atoms with van der Waals surface area (Å²) in [4.78, 5) is 27.5. The van der Waals surface area contributed by atoms with Crippen LogP contribution in [0.5, 0.6) is 0 Å². The van der Waals surface area contributed by atoms with Crippen molar-refractivity contribution in [3.05, 3.63) is 44.8 Å². The van der Waals surface area contributed by atoms with Gasteiger partial charge in [0.1, 0.15) is 5.65 Å². The molecule has 0 bridgehead atoms. The van der Waals surface area contributed by atoms with E-state index < -0.39 is 6.09 Å². The number of rotatable bonds is 1. The van der Waals surface area contributed by atoms with Gasteiger partial charge in [0.25, 0.3) is 5.56 Å². The minimum absolute atomic E-state index is 0.110. The van der Waals surface area contributed by atoms with Crippen molar-refractivity contribution in [1.82, 2.24) is 19.5 Å². The van der Waals surface area contributed by atoms with Gasteiger partial charge >= 0.3 is 6.09 Å². The molecule has 2 N–H and O–H groups in total. The third kappa shape index (κ3) is 2.37. The molecule has 24 heavy (non-hydrogen) atoms. The summed E-state index contributed by atoms with van der Waals surface area (Å²) >= 11 is 3.52. The third-order valence-electron chi connectivity index (χ3n) is 4.60. The Morgan fingerprint density at radius 2 is 2.08 bits per heavy atom. The van der Waals surface area contributed by atoms with Crippen molar-refractivity contribution in [3.63, 3.8) is 0 Å². The summed E-state index contributed by atoms with van der Waals surface area (Å²) in [5.74, 6) is 0.110. The van der Waals surface area contributed by atoms with Crippen LogP contribution in [0.3, 0.4) is 0 Å². The zero-order chi connectivity index (χ0) is 16.8. The van der Waals surface area contributed by atoms with Crippen LogP contribution in [-0.2, 0) is 0 Å². The number of H-pyrrole nitrogens is 1. The van der Waals surface area contributed by atoms with Gasteiger partial charge in [-0.05, 0) is 40.9 Å². The van der Waals surface area contributed by atoms with Crippen LogP contribution in [0.15, 0.2) is 33.5 Å². The highest BCUT2D eigenvalue weighted by molar-refractivity contribution is 9.10. The number of carbonyl (C=O) groups is 1. The predicted molar refractivity (Wildman–Crippen MR) is 92.6 cm³/mol.